The third kappa shape index (κ3) is 3.28. The lowest BCUT2D eigenvalue weighted by Gasteiger charge is -2.09. The van der Waals surface area contributed by atoms with Crippen LogP contribution < -0.4 is 0 Å². The van der Waals surface area contributed by atoms with E-state index in [0.717, 1.165) is 6.42 Å². The van der Waals surface area contributed by atoms with Crippen LogP contribution in [-0.4, -0.2) is 12.1 Å². The van der Waals surface area contributed by atoms with Crippen LogP contribution in [0.3, 0.4) is 0 Å². The highest BCUT2D eigenvalue weighted by molar-refractivity contribution is 5.87. The topological polar surface area (TPSA) is 26.3 Å². The first kappa shape index (κ1) is 9.21. The maximum atomic E-state index is 10.8. The van der Waals surface area contributed by atoms with Crippen LogP contribution >= 0.6 is 0 Å². The fourth-order valence-electron chi connectivity index (χ4n) is 0.335. The minimum absolute atomic E-state index is 0.246. The molecule has 1 unspecified atom stereocenters. The zero-order valence-electron chi connectivity index (χ0n) is 6.52. The molecule has 0 N–H and O–H groups in total. The average molecular weight is 141 g/mol. The molecule has 2 nitrogen and oxygen atoms in total. The van der Waals surface area contributed by atoms with E-state index in [4.69, 9.17) is 4.74 Å². The first-order chi connectivity index (χ1) is 4.57. The normalized spacial score (nSPS) is 12.3. The molecule has 0 aromatic rings. The fraction of sp³-hybridized carbons (Fsp3) is 0.500. The van der Waals surface area contributed by atoms with Crippen molar-refractivity contribution in [1.82, 2.24) is 0 Å². The second kappa shape index (κ2) is 4.09. The molecule has 10 heavy (non-hydrogen) atoms. The molecule has 0 aliphatic carbocycles. The molecule has 57 valence electrons. The quantitative estimate of drug-likeness (QED) is 0.442. The van der Waals surface area contributed by atoms with Crippen molar-refractivity contribution in [3.8, 4) is 0 Å². The molecule has 0 rings (SSSR count). The Morgan fingerprint density at radius 1 is 1.70 bits per heavy atom. The van der Waals surface area contributed by atoms with Gasteiger partial charge in [-0.15, -0.1) is 0 Å². The molecule has 1 atom stereocenters. The minimum Gasteiger partial charge on any atom is -0.459 e. The SMILES string of the molecule is [CH2]C(CC)OC(=O)C(=C)C. The monoisotopic (exact) mass is 141 g/mol. The number of rotatable bonds is 3. The van der Waals surface area contributed by atoms with Crippen LogP contribution in [0.15, 0.2) is 12.2 Å². The molecule has 0 aromatic heterocycles. The molecular formula is C8H13O2. The predicted octanol–water partition coefficient (Wildman–Crippen LogP) is 1.72. The smallest absolute Gasteiger partial charge is 0.333 e. The lowest BCUT2D eigenvalue weighted by molar-refractivity contribution is -0.142. The van der Waals surface area contributed by atoms with Crippen molar-refractivity contribution in [3.05, 3.63) is 19.1 Å². The lowest BCUT2D eigenvalue weighted by Crippen LogP contribution is -2.14. The largest absolute Gasteiger partial charge is 0.459 e. The first-order valence-corrected chi connectivity index (χ1v) is 3.27. The van der Waals surface area contributed by atoms with Crippen molar-refractivity contribution in [2.24, 2.45) is 0 Å². The van der Waals surface area contributed by atoms with Crippen LogP contribution in [0.4, 0.5) is 0 Å². The van der Waals surface area contributed by atoms with Gasteiger partial charge in [-0.25, -0.2) is 4.79 Å². The second-order valence-electron chi connectivity index (χ2n) is 2.22. The van der Waals surface area contributed by atoms with Gasteiger partial charge in [-0.05, 0) is 20.3 Å². The summed E-state index contributed by atoms with van der Waals surface area (Å²) in [5, 5.41) is 0. The summed E-state index contributed by atoms with van der Waals surface area (Å²) in [6.45, 7) is 10.6. The van der Waals surface area contributed by atoms with E-state index >= 15 is 0 Å². The van der Waals surface area contributed by atoms with Crippen molar-refractivity contribution < 1.29 is 9.53 Å². The van der Waals surface area contributed by atoms with Crippen molar-refractivity contribution in [1.29, 1.82) is 0 Å². The molecule has 0 aromatic carbocycles. The van der Waals surface area contributed by atoms with Crippen molar-refractivity contribution in [2.75, 3.05) is 0 Å². The summed E-state index contributed by atoms with van der Waals surface area (Å²) in [6, 6.07) is 0. The number of hydrogen-bond acceptors (Lipinski definition) is 2. The molecule has 0 spiro atoms. The molecule has 0 bridgehead atoms. The van der Waals surface area contributed by atoms with Crippen molar-refractivity contribution in [3.63, 3.8) is 0 Å². The zero-order valence-corrected chi connectivity index (χ0v) is 6.52. The minimum atomic E-state index is -0.359. The summed E-state index contributed by atoms with van der Waals surface area (Å²) in [7, 11) is 0. The van der Waals surface area contributed by atoms with Gasteiger partial charge in [0, 0.05) is 5.57 Å². The fourth-order valence-corrected chi connectivity index (χ4v) is 0.335. The van der Waals surface area contributed by atoms with E-state index in [1.165, 1.54) is 0 Å². The summed E-state index contributed by atoms with van der Waals surface area (Å²) in [5.41, 5.74) is 0.419. The van der Waals surface area contributed by atoms with Crippen LogP contribution in [0, 0.1) is 6.92 Å². The second-order valence-corrected chi connectivity index (χ2v) is 2.22. The third-order valence-corrected chi connectivity index (χ3v) is 1.08. The van der Waals surface area contributed by atoms with E-state index in [0.29, 0.717) is 5.57 Å². The molecular weight excluding hydrogens is 128 g/mol. The lowest BCUT2D eigenvalue weighted by atomic mass is 10.3. The summed E-state index contributed by atoms with van der Waals surface area (Å²) >= 11 is 0. The van der Waals surface area contributed by atoms with E-state index in [9.17, 15) is 4.79 Å². The third-order valence-electron chi connectivity index (χ3n) is 1.08. The van der Waals surface area contributed by atoms with E-state index in [1.807, 2.05) is 6.92 Å². The van der Waals surface area contributed by atoms with Crippen LogP contribution in [-0.2, 0) is 9.53 Å². The molecule has 2 heteroatoms. The van der Waals surface area contributed by atoms with Gasteiger partial charge in [0.2, 0.25) is 0 Å². The molecule has 0 amide bonds. The van der Waals surface area contributed by atoms with Gasteiger partial charge in [0.25, 0.3) is 0 Å². The number of ether oxygens (including phenoxy) is 1. The van der Waals surface area contributed by atoms with Crippen LogP contribution in [0.5, 0.6) is 0 Å². The van der Waals surface area contributed by atoms with Crippen LogP contribution in [0.2, 0.25) is 0 Å². The first-order valence-electron chi connectivity index (χ1n) is 3.27. The molecule has 0 saturated heterocycles. The van der Waals surface area contributed by atoms with Crippen LogP contribution in [0.1, 0.15) is 20.3 Å². The Bertz CT molecular complexity index is 138. The van der Waals surface area contributed by atoms with E-state index in [-0.39, 0.29) is 12.1 Å². The Hall–Kier alpha value is -0.790. The molecule has 1 radical (unpaired) electrons. The molecule has 0 aliphatic rings. The van der Waals surface area contributed by atoms with Crippen molar-refractivity contribution >= 4 is 5.97 Å². The summed E-state index contributed by atoms with van der Waals surface area (Å²) in [4.78, 5) is 10.8. The summed E-state index contributed by atoms with van der Waals surface area (Å²) in [6.07, 6.45) is 0.489. The summed E-state index contributed by atoms with van der Waals surface area (Å²) < 4.78 is 4.81. The van der Waals surface area contributed by atoms with Gasteiger partial charge in [0.15, 0.2) is 0 Å². The van der Waals surface area contributed by atoms with Gasteiger partial charge >= 0.3 is 5.97 Å². The highest BCUT2D eigenvalue weighted by Gasteiger charge is 2.06. The maximum Gasteiger partial charge on any atom is 0.333 e. The van der Waals surface area contributed by atoms with E-state index < -0.39 is 0 Å². The number of hydrogen-bond donors (Lipinski definition) is 0. The Morgan fingerprint density at radius 2 is 2.20 bits per heavy atom. The van der Waals surface area contributed by atoms with Gasteiger partial charge in [-0.3, -0.25) is 0 Å². The van der Waals surface area contributed by atoms with Gasteiger partial charge in [0.05, 0.1) is 0 Å². The predicted molar refractivity (Wildman–Crippen MR) is 40.3 cm³/mol. The van der Waals surface area contributed by atoms with E-state index in [2.05, 4.69) is 13.5 Å². The van der Waals surface area contributed by atoms with Gasteiger partial charge in [-0.2, -0.15) is 0 Å². The number of carbonyl (C=O) groups is 1. The Kier molecular flexibility index (Phi) is 3.77. The molecule has 0 aliphatic heterocycles. The number of carbonyl (C=O) groups excluding carboxylic acids is 1. The van der Waals surface area contributed by atoms with Gasteiger partial charge < -0.3 is 4.74 Å². The van der Waals surface area contributed by atoms with Crippen LogP contribution in [0.25, 0.3) is 0 Å². The molecule has 0 fully saturated rings. The number of esters is 1. The molecule has 0 heterocycles. The molecule has 0 saturated carbocycles. The van der Waals surface area contributed by atoms with Gasteiger partial charge in [0.1, 0.15) is 6.10 Å². The van der Waals surface area contributed by atoms with E-state index in [1.54, 1.807) is 6.92 Å². The zero-order chi connectivity index (χ0) is 8.15. The summed E-state index contributed by atoms with van der Waals surface area (Å²) in [5.74, 6) is -0.359. The Morgan fingerprint density at radius 3 is 2.50 bits per heavy atom. The van der Waals surface area contributed by atoms with Crippen molar-refractivity contribution in [2.45, 2.75) is 26.4 Å². The standard InChI is InChI=1S/C8H13O2/c1-5-7(4)10-8(9)6(2)3/h7H,2,4-5H2,1,3H3. The van der Waals surface area contributed by atoms with Gasteiger partial charge in [-0.1, -0.05) is 13.5 Å². The highest BCUT2D eigenvalue weighted by atomic mass is 16.5. The Labute approximate surface area is 61.9 Å². The Balaban J connectivity index is 3.68. The maximum absolute atomic E-state index is 10.8. The average Bonchev–Trinajstić information content (AvgIpc) is 1.87. The highest BCUT2D eigenvalue weighted by Crippen LogP contribution is 1.99.